The van der Waals surface area contributed by atoms with Crippen LogP contribution >= 0.6 is 0 Å². The van der Waals surface area contributed by atoms with Gasteiger partial charge >= 0.3 is 6.09 Å². The van der Waals surface area contributed by atoms with Crippen LogP contribution in [0.15, 0.2) is 29.2 Å². The van der Waals surface area contributed by atoms with Gasteiger partial charge in [-0.25, -0.2) is 17.9 Å². The Balaban J connectivity index is 1.21. The zero-order chi connectivity index (χ0) is 31.9. The highest BCUT2D eigenvalue weighted by molar-refractivity contribution is 7.90. The highest BCUT2D eigenvalue weighted by Crippen LogP contribution is 2.69. The predicted octanol–water partition coefficient (Wildman–Crippen LogP) is 6.54. The van der Waals surface area contributed by atoms with E-state index in [9.17, 15) is 23.4 Å². The van der Waals surface area contributed by atoms with Gasteiger partial charge in [-0.05, 0) is 128 Å². The minimum Gasteiger partial charge on any atom is -0.494 e. The molecule has 4 aliphatic carbocycles. The molecule has 0 heterocycles. The molecular formula is C35H55NO7S. The van der Waals surface area contributed by atoms with E-state index >= 15 is 0 Å². The topological polar surface area (TPSA) is 122 Å². The fourth-order valence-corrected chi connectivity index (χ4v) is 11.4. The minimum atomic E-state index is -4.07. The van der Waals surface area contributed by atoms with Gasteiger partial charge in [0, 0.05) is 0 Å². The number of unbranched alkanes of at least 4 members (excludes halogenated alkanes) is 1. The summed E-state index contributed by atoms with van der Waals surface area (Å²) in [6.07, 6.45) is 8.24. The molecule has 9 heteroatoms. The molecule has 1 aromatic rings. The van der Waals surface area contributed by atoms with E-state index in [2.05, 4.69) is 39.3 Å². The molecule has 4 fully saturated rings. The lowest BCUT2D eigenvalue weighted by Crippen LogP contribution is -2.62. The highest BCUT2D eigenvalue weighted by Gasteiger charge is 2.64. The lowest BCUT2D eigenvalue weighted by atomic mass is 9.41. The second-order valence-corrected chi connectivity index (χ2v) is 16.7. The number of aliphatic hydroxyl groups excluding tert-OH is 2. The van der Waals surface area contributed by atoms with E-state index in [-0.39, 0.29) is 52.3 Å². The van der Waals surface area contributed by atoms with Crippen molar-refractivity contribution < 1.29 is 32.9 Å². The molecule has 248 valence electrons. The third kappa shape index (κ3) is 6.14. The number of nitrogens with one attached hydrogen (secondary N) is 1. The summed E-state index contributed by atoms with van der Waals surface area (Å²) in [6, 6.07) is 6.04. The van der Waals surface area contributed by atoms with Crippen molar-refractivity contribution in [3.8, 4) is 5.75 Å². The van der Waals surface area contributed by atoms with Crippen molar-refractivity contribution in [3.63, 3.8) is 0 Å². The van der Waals surface area contributed by atoms with E-state index in [0.29, 0.717) is 36.0 Å². The molecule has 1 aromatic carbocycles. The van der Waals surface area contributed by atoms with Crippen LogP contribution in [0.25, 0.3) is 0 Å². The highest BCUT2D eigenvalue weighted by atomic mass is 32.2. The minimum absolute atomic E-state index is 0.0203. The van der Waals surface area contributed by atoms with E-state index in [1.807, 2.05) is 0 Å². The van der Waals surface area contributed by atoms with Crippen LogP contribution in [0.1, 0.15) is 98.8 Å². The summed E-state index contributed by atoms with van der Waals surface area (Å²) in [5.41, 5.74) is 0.189. The fraction of sp³-hybridized carbons (Fsp3) is 0.800. The number of benzene rings is 1. The summed E-state index contributed by atoms with van der Waals surface area (Å²) in [5, 5.41) is 22.4. The number of fused-ring (bicyclic) bond motifs is 5. The van der Waals surface area contributed by atoms with Gasteiger partial charge in [0.15, 0.2) is 0 Å². The molecule has 8 nitrogen and oxygen atoms in total. The van der Waals surface area contributed by atoms with Crippen molar-refractivity contribution in [1.82, 2.24) is 4.72 Å². The molecule has 44 heavy (non-hydrogen) atoms. The summed E-state index contributed by atoms with van der Waals surface area (Å²) in [7, 11) is -4.07. The van der Waals surface area contributed by atoms with E-state index < -0.39 is 16.1 Å². The number of aliphatic hydroxyl groups is 2. The smallest absolute Gasteiger partial charge is 0.421 e. The molecule has 0 bridgehead atoms. The van der Waals surface area contributed by atoms with Gasteiger partial charge < -0.3 is 19.7 Å². The monoisotopic (exact) mass is 633 g/mol. The molecule has 0 saturated heterocycles. The van der Waals surface area contributed by atoms with Gasteiger partial charge in [-0.2, -0.15) is 0 Å². The van der Waals surface area contributed by atoms with Crippen molar-refractivity contribution in [2.75, 3.05) is 13.2 Å². The lowest BCUT2D eigenvalue weighted by Gasteiger charge is -2.64. The number of hydrogen-bond donors (Lipinski definition) is 3. The van der Waals surface area contributed by atoms with Gasteiger partial charge in [-0.15, -0.1) is 0 Å². The number of carbonyl (C=O) groups is 1. The quantitative estimate of drug-likeness (QED) is 0.250. The van der Waals surface area contributed by atoms with Crippen molar-refractivity contribution in [1.29, 1.82) is 0 Å². The van der Waals surface area contributed by atoms with Gasteiger partial charge in [-0.3, -0.25) is 0 Å². The van der Waals surface area contributed by atoms with Crippen LogP contribution in [0.2, 0.25) is 0 Å². The van der Waals surface area contributed by atoms with Crippen LogP contribution in [-0.4, -0.2) is 50.1 Å². The average molecular weight is 634 g/mol. The molecule has 11 unspecified atom stereocenters. The normalized spacial score (nSPS) is 39.0. The number of ether oxygens (including phenoxy) is 2. The second-order valence-electron chi connectivity index (χ2n) is 15.0. The van der Waals surface area contributed by atoms with Crippen LogP contribution in [0.4, 0.5) is 4.79 Å². The first-order valence-corrected chi connectivity index (χ1v) is 18.6. The molecule has 0 aliphatic heterocycles. The fourth-order valence-electron chi connectivity index (χ4n) is 10.5. The van der Waals surface area contributed by atoms with E-state index in [4.69, 9.17) is 9.47 Å². The number of hydrogen-bond acceptors (Lipinski definition) is 7. The molecular weight excluding hydrogens is 578 g/mol. The first kappa shape index (κ1) is 33.5. The van der Waals surface area contributed by atoms with Crippen molar-refractivity contribution in [2.45, 2.75) is 116 Å². The van der Waals surface area contributed by atoms with Crippen molar-refractivity contribution in [2.24, 2.45) is 52.3 Å². The molecule has 0 aromatic heterocycles. The first-order valence-electron chi connectivity index (χ1n) is 17.1. The molecule has 4 saturated carbocycles. The summed E-state index contributed by atoms with van der Waals surface area (Å²) in [4.78, 5) is 12.6. The van der Waals surface area contributed by atoms with E-state index in [1.54, 1.807) is 12.1 Å². The van der Waals surface area contributed by atoms with Crippen LogP contribution in [0, 0.1) is 52.3 Å². The Bertz CT molecular complexity index is 1250. The standard InChI is InChI=1S/C35H55NO7S/c1-6-8-19-42-24-9-11-25(12-10-24)44(40,41)36-33(39)43-21-22(3)27-13-14-28-31-29(16-18-34(27,28)4)35(5)17-15-23(37)20-30(35)26(7-2)32(31)38/h9-12,22-23,26-32,37-38H,6-8,13-21H2,1-5H3,(H,36,39). The zero-order valence-electron chi connectivity index (χ0n) is 27.3. The van der Waals surface area contributed by atoms with Crippen molar-refractivity contribution in [3.05, 3.63) is 24.3 Å². The van der Waals surface area contributed by atoms with Gasteiger partial charge in [0.1, 0.15) is 5.75 Å². The Hall–Kier alpha value is -1.84. The van der Waals surface area contributed by atoms with E-state index in [0.717, 1.165) is 64.2 Å². The third-order valence-corrected chi connectivity index (χ3v) is 14.1. The van der Waals surface area contributed by atoms with Crippen LogP contribution < -0.4 is 9.46 Å². The SMILES string of the molecule is CCCCOc1ccc(S(=O)(=O)NC(=O)OCC(C)C2CCC3C4C(O)C(CC)C5CC(O)CCC5(C)C4CCC23C)cc1. The Morgan fingerprint density at radius 1 is 1.00 bits per heavy atom. The maximum atomic E-state index is 12.8. The maximum Gasteiger partial charge on any atom is 0.421 e. The Morgan fingerprint density at radius 3 is 2.36 bits per heavy atom. The third-order valence-electron chi connectivity index (χ3n) is 12.7. The Kier molecular flexibility index (Phi) is 9.99. The molecule has 4 aliphatic rings. The summed E-state index contributed by atoms with van der Waals surface area (Å²) >= 11 is 0. The number of rotatable bonds is 10. The second kappa shape index (κ2) is 13.1. The number of carbonyl (C=O) groups excluding carboxylic acids is 1. The predicted molar refractivity (Wildman–Crippen MR) is 169 cm³/mol. The Morgan fingerprint density at radius 2 is 1.68 bits per heavy atom. The zero-order valence-corrected chi connectivity index (χ0v) is 28.2. The average Bonchev–Trinajstić information content (AvgIpc) is 3.34. The molecule has 0 radical (unpaired) electrons. The van der Waals surface area contributed by atoms with Crippen LogP contribution in [0.3, 0.4) is 0 Å². The van der Waals surface area contributed by atoms with Gasteiger partial charge in [0.05, 0.1) is 30.3 Å². The van der Waals surface area contributed by atoms with Crippen LogP contribution in [-0.2, 0) is 14.8 Å². The summed E-state index contributed by atoms with van der Waals surface area (Å²) < 4.78 is 38.8. The number of sulfonamides is 1. The summed E-state index contributed by atoms with van der Waals surface area (Å²) in [5.74, 6) is 2.69. The number of amides is 1. The van der Waals surface area contributed by atoms with Gasteiger partial charge in [0.2, 0.25) is 0 Å². The largest absolute Gasteiger partial charge is 0.494 e. The molecule has 3 N–H and O–H groups in total. The molecule has 0 spiro atoms. The molecule has 5 rings (SSSR count). The maximum absolute atomic E-state index is 12.8. The molecule has 1 amide bonds. The van der Waals surface area contributed by atoms with Crippen LogP contribution in [0.5, 0.6) is 5.75 Å². The lowest BCUT2D eigenvalue weighted by molar-refractivity contribution is -0.203. The first-order chi connectivity index (χ1) is 20.9. The summed E-state index contributed by atoms with van der Waals surface area (Å²) in [6.45, 7) is 11.9. The molecule has 11 atom stereocenters. The van der Waals surface area contributed by atoms with E-state index in [1.165, 1.54) is 12.1 Å². The Labute approximate surface area is 264 Å². The van der Waals surface area contributed by atoms with Gasteiger partial charge in [-0.1, -0.05) is 47.5 Å². The van der Waals surface area contributed by atoms with Crippen molar-refractivity contribution >= 4 is 16.1 Å². The van der Waals surface area contributed by atoms with Gasteiger partial charge in [0.25, 0.3) is 10.0 Å².